The van der Waals surface area contributed by atoms with Crippen molar-refractivity contribution in [1.29, 1.82) is 0 Å². The van der Waals surface area contributed by atoms with E-state index in [1.807, 2.05) is 18.2 Å². The number of aromatic nitrogens is 2. The van der Waals surface area contributed by atoms with Crippen molar-refractivity contribution < 1.29 is 19.0 Å². The van der Waals surface area contributed by atoms with Gasteiger partial charge in [0.05, 0.1) is 12.7 Å². The fraction of sp³-hybridized carbons (Fsp3) is 0.105. The molecule has 0 amide bonds. The molecule has 0 unspecified atom stereocenters. The number of carbonyl (C=O) groups excluding carboxylic acids is 1. The van der Waals surface area contributed by atoms with Crippen LogP contribution in [-0.2, 0) is 4.74 Å². The quantitative estimate of drug-likeness (QED) is 0.665. The van der Waals surface area contributed by atoms with E-state index in [9.17, 15) is 4.79 Å². The molecule has 2 aromatic carbocycles. The molecule has 1 aliphatic heterocycles. The number of methoxy groups -OCH3 is 1. The predicted molar refractivity (Wildman–Crippen MR) is 98.9 cm³/mol. The Labute approximate surface area is 155 Å². The van der Waals surface area contributed by atoms with Crippen LogP contribution in [0.15, 0.2) is 54.9 Å². The minimum absolute atomic E-state index is 0.231. The summed E-state index contributed by atoms with van der Waals surface area (Å²) in [6, 6.07) is 14.3. The van der Waals surface area contributed by atoms with Crippen LogP contribution in [0.3, 0.4) is 0 Å². The van der Waals surface area contributed by atoms with E-state index in [1.54, 1.807) is 30.3 Å². The van der Waals surface area contributed by atoms with Crippen molar-refractivity contribution in [2.75, 3.05) is 24.5 Å². The fourth-order valence-corrected chi connectivity index (χ4v) is 2.57. The SMILES string of the molecule is COC(=O)c1ccc(Nc2cc(Nc3ccc4c(c3)OCO4)ncn2)cc1. The van der Waals surface area contributed by atoms with Crippen LogP contribution in [0.25, 0.3) is 0 Å². The average molecular weight is 364 g/mol. The number of nitrogens with zero attached hydrogens (tertiary/aromatic N) is 2. The molecule has 3 aromatic rings. The van der Waals surface area contributed by atoms with Crippen molar-refractivity contribution in [2.45, 2.75) is 0 Å². The number of hydrogen-bond donors (Lipinski definition) is 2. The number of carbonyl (C=O) groups is 1. The normalized spacial score (nSPS) is 11.7. The maximum Gasteiger partial charge on any atom is 0.337 e. The molecule has 0 saturated carbocycles. The van der Waals surface area contributed by atoms with Gasteiger partial charge in [-0.05, 0) is 36.4 Å². The Morgan fingerprint density at radius 1 is 0.926 bits per heavy atom. The highest BCUT2D eigenvalue weighted by atomic mass is 16.7. The summed E-state index contributed by atoms with van der Waals surface area (Å²) in [6.07, 6.45) is 1.46. The lowest BCUT2D eigenvalue weighted by molar-refractivity contribution is 0.0601. The number of rotatable bonds is 5. The van der Waals surface area contributed by atoms with E-state index < -0.39 is 0 Å². The van der Waals surface area contributed by atoms with Gasteiger partial charge in [-0.15, -0.1) is 0 Å². The second-order valence-electron chi connectivity index (χ2n) is 5.68. The summed E-state index contributed by atoms with van der Waals surface area (Å²) in [4.78, 5) is 19.9. The van der Waals surface area contributed by atoms with Gasteiger partial charge in [-0.2, -0.15) is 0 Å². The first kappa shape index (κ1) is 16.6. The Morgan fingerprint density at radius 2 is 1.59 bits per heavy atom. The predicted octanol–water partition coefficient (Wildman–Crippen LogP) is 3.48. The number of ether oxygens (including phenoxy) is 3. The lowest BCUT2D eigenvalue weighted by Crippen LogP contribution is -2.01. The van der Waals surface area contributed by atoms with Crippen molar-refractivity contribution in [1.82, 2.24) is 9.97 Å². The van der Waals surface area contributed by atoms with Crippen molar-refractivity contribution in [2.24, 2.45) is 0 Å². The lowest BCUT2D eigenvalue weighted by Gasteiger charge is -2.09. The summed E-state index contributed by atoms with van der Waals surface area (Å²) in [5.74, 6) is 2.27. The van der Waals surface area contributed by atoms with E-state index in [0.29, 0.717) is 22.9 Å². The molecule has 27 heavy (non-hydrogen) atoms. The van der Waals surface area contributed by atoms with E-state index in [2.05, 4.69) is 25.3 Å². The highest BCUT2D eigenvalue weighted by molar-refractivity contribution is 5.89. The maximum absolute atomic E-state index is 11.5. The van der Waals surface area contributed by atoms with Gasteiger partial charge in [0.1, 0.15) is 18.0 Å². The van der Waals surface area contributed by atoms with Gasteiger partial charge < -0.3 is 24.8 Å². The largest absolute Gasteiger partial charge is 0.465 e. The van der Waals surface area contributed by atoms with Crippen LogP contribution in [-0.4, -0.2) is 29.8 Å². The summed E-state index contributed by atoms with van der Waals surface area (Å²) in [7, 11) is 1.35. The molecule has 0 fully saturated rings. The molecule has 0 radical (unpaired) electrons. The van der Waals surface area contributed by atoms with E-state index in [1.165, 1.54) is 13.4 Å². The molecule has 0 aliphatic carbocycles. The van der Waals surface area contributed by atoms with Gasteiger partial charge in [-0.1, -0.05) is 0 Å². The van der Waals surface area contributed by atoms with Crippen LogP contribution in [0, 0.1) is 0 Å². The van der Waals surface area contributed by atoms with Crippen LogP contribution in [0.5, 0.6) is 11.5 Å². The number of esters is 1. The molecular weight excluding hydrogens is 348 g/mol. The van der Waals surface area contributed by atoms with Gasteiger partial charge in [-0.25, -0.2) is 14.8 Å². The molecule has 2 N–H and O–H groups in total. The molecule has 0 saturated heterocycles. The van der Waals surface area contributed by atoms with Crippen LogP contribution in [0.4, 0.5) is 23.0 Å². The third kappa shape index (κ3) is 3.74. The third-order valence-electron chi connectivity index (χ3n) is 3.89. The highest BCUT2D eigenvalue weighted by Crippen LogP contribution is 2.35. The third-order valence-corrected chi connectivity index (χ3v) is 3.89. The van der Waals surface area contributed by atoms with Gasteiger partial charge >= 0.3 is 5.97 Å². The Kier molecular flexibility index (Phi) is 4.44. The molecule has 0 spiro atoms. The lowest BCUT2D eigenvalue weighted by atomic mass is 10.2. The first-order valence-electron chi connectivity index (χ1n) is 8.15. The van der Waals surface area contributed by atoms with Crippen molar-refractivity contribution >= 4 is 29.0 Å². The van der Waals surface area contributed by atoms with Crippen LogP contribution in [0.2, 0.25) is 0 Å². The standard InChI is InChI=1S/C19H16N4O4/c1-25-19(24)12-2-4-13(5-3-12)22-17-9-18(21-10-20-17)23-14-6-7-15-16(8-14)27-11-26-15/h2-10H,11H2,1H3,(H2,20,21,22,23). The average Bonchev–Trinajstić information content (AvgIpc) is 3.16. The Morgan fingerprint density at radius 3 is 2.33 bits per heavy atom. The van der Waals surface area contributed by atoms with Gasteiger partial charge in [0.25, 0.3) is 0 Å². The zero-order valence-corrected chi connectivity index (χ0v) is 14.4. The number of anilines is 4. The first-order chi connectivity index (χ1) is 13.2. The van der Waals surface area contributed by atoms with E-state index in [-0.39, 0.29) is 12.8 Å². The van der Waals surface area contributed by atoms with E-state index >= 15 is 0 Å². The fourth-order valence-electron chi connectivity index (χ4n) is 2.57. The van der Waals surface area contributed by atoms with Crippen LogP contribution in [0.1, 0.15) is 10.4 Å². The molecule has 2 heterocycles. The maximum atomic E-state index is 11.5. The summed E-state index contributed by atoms with van der Waals surface area (Å²) in [5.41, 5.74) is 2.10. The molecule has 4 rings (SSSR count). The zero-order valence-electron chi connectivity index (χ0n) is 14.4. The number of benzene rings is 2. The highest BCUT2D eigenvalue weighted by Gasteiger charge is 2.13. The van der Waals surface area contributed by atoms with E-state index in [4.69, 9.17) is 9.47 Å². The second kappa shape index (κ2) is 7.20. The number of hydrogen-bond acceptors (Lipinski definition) is 8. The summed E-state index contributed by atoms with van der Waals surface area (Å²) in [6.45, 7) is 0.231. The molecule has 0 atom stereocenters. The molecule has 8 heteroatoms. The summed E-state index contributed by atoms with van der Waals surface area (Å²) < 4.78 is 15.4. The topological polar surface area (TPSA) is 94.6 Å². The second-order valence-corrected chi connectivity index (χ2v) is 5.68. The van der Waals surface area contributed by atoms with Crippen LogP contribution < -0.4 is 20.1 Å². The molecule has 1 aromatic heterocycles. The van der Waals surface area contributed by atoms with Crippen molar-refractivity contribution in [3.05, 3.63) is 60.4 Å². The molecule has 8 nitrogen and oxygen atoms in total. The van der Waals surface area contributed by atoms with Crippen molar-refractivity contribution in [3.8, 4) is 11.5 Å². The summed E-state index contributed by atoms with van der Waals surface area (Å²) >= 11 is 0. The first-order valence-corrected chi connectivity index (χ1v) is 8.15. The smallest absolute Gasteiger partial charge is 0.337 e. The Bertz CT molecular complexity index is 976. The minimum Gasteiger partial charge on any atom is -0.465 e. The number of nitrogens with one attached hydrogen (secondary N) is 2. The Balaban J connectivity index is 1.47. The summed E-state index contributed by atoms with van der Waals surface area (Å²) in [5, 5.41) is 6.37. The van der Waals surface area contributed by atoms with Gasteiger partial charge in [0, 0.05) is 23.5 Å². The van der Waals surface area contributed by atoms with Gasteiger partial charge in [0.2, 0.25) is 6.79 Å². The van der Waals surface area contributed by atoms with Crippen LogP contribution >= 0.6 is 0 Å². The molecule has 136 valence electrons. The monoisotopic (exact) mass is 364 g/mol. The molecule has 1 aliphatic rings. The minimum atomic E-state index is -0.376. The van der Waals surface area contributed by atoms with Gasteiger partial charge in [-0.3, -0.25) is 0 Å². The van der Waals surface area contributed by atoms with Gasteiger partial charge in [0.15, 0.2) is 11.5 Å². The number of fused-ring (bicyclic) bond motifs is 1. The Hall–Kier alpha value is -3.81. The van der Waals surface area contributed by atoms with E-state index in [0.717, 1.165) is 17.1 Å². The molecular formula is C19H16N4O4. The molecule has 0 bridgehead atoms. The van der Waals surface area contributed by atoms with Crippen molar-refractivity contribution in [3.63, 3.8) is 0 Å². The zero-order chi connectivity index (χ0) is 18.6.